The Morgan fingerprint density at radius 2 is 2.26 bits per heavy atom. The highest BCUT2D eigenvalue weighted by atomic mass is 32.2. The second-order valence-corrected chi connectivity index (χ2v) is 5.51. The molecule has 3 heterocycles. The average molecular weight is 293 g/mol. The molecule has 0 atom stereocenters. The van der Waals surface area contributed by atoms with Gasteiger partial charge in [0.15, 0.2) is 4.34 Å². The van der Waals surface area contributed by atoms with Gasteiger partial charge in [-0.25, -0.2) is 9.97 Å². The van der Waals surface area contributed by atoms with E-state index in [4.69, 9.17) is 0 Å². The molecule has 96 valence electrons. The summed E-state index contributed by atoms with van der Waals surface area (Å²) in [6.07, 6.45) is 4.66. The SMILES string of the molecule is O=C(CSc1nn2cnnc2s1)Nc1ncccn1. The number of thioether (sulfide) groups is 1. The number of hydrogen-bond donors (Lipinski definition) is 1. The van der Waals surface area contributed by atoms with Gasteiger partial charge in [0.2, 0.25) is 16.8 Å². The van der Waals surface area contributed by atoms with Crippen LogP contribution >= 0.6 is 23.1 Å². The second-order valence-electron chi connectivity index (χ2n) is 3.34. The fraction of sp³-hybridized carbons (Fsp3) is 0.111. The summed E-state index contributed by atoms with van der Waals surface area (Å²) in [4.78, 5) is 20.2. The second kappa shape index (κ2) is 5.28. The van der Waals surface area contributed by atoms with Crippen LogP contribution in [0.2, 0.25) is 0 Å². The number of rotatable bonds is 4. The van der Waals surface area contributed by atoms with Gasteiger partial charge in [-0.1, -0.05) is 23.1 Å². The van der Waals surface area contributed by atoms with Crippen molar-refractivity contribution in [2.45, 2.75) is 4.34 Å². The van der Waals surface area contributed by atoms with Gasteiger partial charge in [0.1, 0.15) is 6.33 Å². The van der Waals surface area contributed by atoms with Crippen LogP contribution in [0, 0.1) is 0 Å². The monoisotopic (exact) mass is 293 g/mol. The lowest BCUT2D eigenvalue weighted by molar-refractivity contribution is -0.113. The van der Waals surface area contributed by atoms with Crippen molar-refractivity contribution >= 4 is 39.9 Å². The summed E-state index contributed by atoms with van der Waals surface area (Å²) in [7, 11) is 0. The molecule has 10 heteroatoms. The third kappa shape index (κ3) is 2.85. The maximum absolute atomic E-state index is 11.7. The number of nitrogens with zero attached hydrogens (tertiary/aromatic N) is 6. The third-order valence-electron chi connectivity index (χ3n) is 2.01. The molecule has 3 aromatic heterocycles. The van der Waals surface area contributed by atoms with Crippen molar-refractivity contribution in [2.75, 3.05) is 11.1 Å². The van der Waals surface area contributed by atoms with E-state index in [-0.39, 0.29) is 11.7 Å². The summed E-state index contributed by atoms with van der Waals surface area (Å²) in [6.45, 7) is 0. The molecule has 1 amide bonds. The van der Waals surface area contributed by atoms with E-state index in [0.29, 0.717) is 10.9 Å². The first-order valence-electron chi connectivity index (χ1n) is 5.18. The molecule has 0 radical (unpaired) electrons. The molecule has 0 fully saturated rings. The third-order valence-corrected chi connectivity index (χ3v) is 4.06. The number of carbonyl (C=O) groups is 1. The van der Waals surface area contributed by atoms with Crippen molar-refractivity contribution in [3.05, 3.63) is 24.8 Å². The number of aromatic nitrogens is 6. The van der Waals surface area contributed by atoms with Gasteiger partial charge in [0.05, 0.1) is 5.75 Å². The van der Waals surface area contributed by atoms with Gasteiger partial charge in [-0.3, -0.25) is 10.1 Å². The minimum absolute atomic E-state index is 0.179. The molecular weight excluding hydrogens is 286 g/mol. The van der Waals surface area contributed by atoms with Crippen LogP contribution in [-0.2, 0) is 4.79 Å². The molecule has 3 aromatic rings. The first kappa shape index (κ1) is 12.0. The van der Waals surface area contributed by atoms with Crippen LogP contribution < -0.4 is 5.32 Å². The van der Waals surface area contributed by atoms with E-state index in [1.165, 1.54) is 29.4 Å². The standard InChI is InChI=1S/C9H7N7OS2/c17-6(13-7-10-2-1-3-11-7)4-18-9-15-16-5-12-14-8(16)19-9/h1-3,5H,4H2,(H,10,11,13,17). The summed E-state index contributed by atoms with van der Waals surface area (Å²) in [5.41, 5.74) is 0. The lowest BCUT2D eigenvalue weighted by Crippen LogP contribution is -2.15. The smallest absolute Gasteiger partial charge is 0.237 e. The number of anilines is 1. The van der Waals surface area contributed by atoms with Crippen molar-refractivity contribution in [1.82, 2.24) is 29.8 Å². The van der Waals surface area contributed by atoms with E-state index in [1.54, 1.807) is 23.0 Å². The Hall–Kier alpha value is -2.07. The van der Waals surface area contributed by atoms with Crippen LogP contribution in [0.4, 0.5) is 5.95 Å². The van der Waals surface area contributed by atoms with Crippen LogP contribution in [0.5, 0.6) is 0 Å². The molecule has 0 aromatic carbocycles. The van der Waals surface area contributed by atoms with Crippen molar-refractivity contribution in [1.29, 1.82) is 0 Å². The molecule has 0 unspecified atom stereocenters. The van der Waals surface area contributed by atoms with E-state index >= 15 is 0 Å². The number of amides is 1. The fourth-order valence-electron chi connectivity index (χ4n) is 1.25. The molecule has 8 nitrogen and oxygen atoms in total. The van der Waals surface area contributed by atoms with Crippen molar-refractivity contribution in [3.63, 3.8) is 0 Å². The van der Waals surface area contributed by atoms with Gasteiger partial charge in [-0.2, -0.15) is 4.52 Å². The largest absolute Gasteiger partial charge is 0.294 e. The zero-order chi connectivity index (χ0) is 13.1. The molecule has 19 heavy (non-hydrogen) atoms. The molecule has 0 spiro atoms. The molecular formula is C9H7N7OS2. The van der Waals surface area contributed by atoms with Crippen LogP contribution in [0.15, 0.2) is 29.1 Å². The normalized spacial score (nSPS) is 10.7. The predicted octanol–water partition coefficient (Wildman–Crippen LogP) is 0.707. The molecule has 0 aliphatic heterocycles. The Kier molecular flexibility index (Phi) is 3.33. The van der Waals surface area contributed by atoms with Crippen LogP contribution in [0.25, 0.3) is 4.96 Å². The van der Waals surface area contributed by atoms with E-state index in [2.05, 4.69) is 30.6 Å². The molecule has 0 aliphatic carbocycles. The average Bonchev–Trinajstić information content (AvgIpc) is 2.98. The van der Waals surface area contributed by atoms with E-state index < -0.39 is 0 Å². The summed E-state index contributed by atoms with van der Waals surface area (Å²) < 4.78 is 2.33. The highest BCUT2D eigenvalue weighted by molar-refractivity contribution is 8.01. The number of carbonyl (C=O) groups excluding carboxylic acids is 1. The first-order chi connectivity index (χ1) is 9.31. The zero-order valence-electron chi connectivity index (χ0n) is 9.42. The zero-order valence-corrected chi connectivity index (χ0v) is 11.1. The Balaban J connectivity index is 1.57. The summed E-state index contributed by atoms with van der Waals surface area (Å²) >= 11 is 2.71. The van der Waals surface area contributed by atoms with Crippen molar-refractivity contribution in [3.8, 4) is 0 Å². The molecule has 0 saturated carbocycles. The van der Waals surface area contributed by atoms with Crippen LogP contribution in [0.3, 0.4) is 0 Å². The minimum atomic E-state index is -0.179. The highest BCUT2D eigenvalue weighted by Gasteiger charge is 2.09. The number of nitrogens with one attached hydrogen (secondary N) is 1. The Bertz CT molecular complexity index is 666. The van der Waals surface area contributed by atoms with E-state index in [9.17, 15) is 4.79 Å². The molecule has 3 rings (SSSR count). The maximum atomic E-state index is 11.7. The molecule has 1 N–H and O–H groups in total. The maximum Gasteiger partial charge on any atom is 0.237 e. The van der Waals surface area contributed by atoms with Crippen LogP contribution in [-0.4, -0.2) is 41.4 Å². The van der Waals surface area contributed by atoms with Gasteiger partial charge in [-0.05, 0) is 6.07 Å². The van der Waals surface area contributed by atoms with Gasteiger partial charge < -0.3 is 0 Å². The molecule has 0 aliphatic rings. The molecule has 0 bridgehead atoms. The van der Waals surface area contributed by atoms with Crippen molar-refractivity contribution < 1.29 is 4.79 Å². The van der Waals surface area contributed by atoms with Gasteiger partial charge in [0, 0.05) is 12.4 Å². The Morgan fingerprint density at radius 1 is 1.42 bits per heavy atom. The summed E-state index contributed by atoms with van der Waals surface area (Å²) in [6, 6.07) is 1.68. The highest BCUT2D eigenvalue weighted by Crippen LogP contribution is 2.23. The van der Waals surface area contributed by atoms with E-state index in [1.807, 2.05) is 0 Å². The van der Waals surface area contributed by atoms with Crippen molar-refractivity contribution in [2.24, 2.45) is 0 Å². The van der Waals surface area contributed by atoms with Gasteiger partial charge in [-0.15, -0.1) is 15.3 Å². The number of fused-ring (bicyclic) bond motifs is 1. The Labute approximate surface area is 115 Å². The topological polar surface area (TPSA) is 98.0 Å². The van der Waals surface area contributed by atoms with Crippen LogP contribution in [0.1, 0.15) is 0 Å². The first-order valence-corrected chi connectivity index (χ1v) is 6.98. The van der Waals surface area contributed by atoms with Gasteiger partial charge in [0.25, 0.3) is 0 Å². The number of hydrogen-bond acceptors (Lipinski definition) is 8. The summed E-state index contributed by atoms with van der Waals surface area (Å²) in [5.74, 6) is 0.357. The lowest BCUT2D eigenvalue weighted by atomic mass is 10.6. The summed E-state index contributed by atoms with van der Waals surface area (Å²) in [5, 5.41) is 14.4. The van der Waals surface area contributed by atoms with Gasteiger partial charge >= 0.3 is 0 Å². The molecule has 0 saturated heterocycles. The predicted molar refractivity (Wildman–Crippen MR) is 70.0 cm³/mol. The minimum Gasteiger partial charge on any atom is -0.294 e. The Morgan fingerprint density at radius 3 is 3.05 bits per heavy atom. The van der Waals surface area contributed by atoms with E-state index in [0.717, 1.165) is 4.34 Å². The fourth-order valence-corrected chi connectivity index (χ4v) is 2.91. The lowest BCUT2D eigenvalue weighted by Gasteiger charge is -2.00. The quantitative estimate of drug-likeness (QED) is 0.707.